The third kappa shape index (κ3) is 3.11. The standard InChI is InChI=1S/C12H14Cl2N2OS/c1-12(2)7-16(5-6-18-12)11(17)8-3-4-9(13)15-10(8)14/h3-4H,5-7H2,1-2H3. The molecule has 1 fully saturated rings. The van der Waals surface area contributed by atoms with Gasteiger partial charge in [-0.25, -0.2) is 4.98 Å². The molecule has 1 aliphatic heterocycles. The van der Waals surface area contributed by atoms with Crippen molar-refractivity contribution in [2.45, 2.75) is 18.6 Å². The van der Waals surface area contributed by atoms with E-state index in [4.69, 9.17) is 23.2 Å². The van der Waals surface area contributed by atoms with Gasteiger partial charge in [0.25, 0.3) is 5.91 Å². The van der Waals surface area contributed by atoms with E-state index in [2.05, 4.69) is 18.8 Å². The molecule has 1 aromatic heterocycles. The summed E-state index contributed by atoms with van der Waals surface area (Å²) in [6.07, 6.45) is 0. The van der Waals surface area contributed by atoms with E-state index in [-0.39, 0.29) is 15.8 Å². The van der Waals surface area contributed by atoms with Gasteiger partial charge in [-0.05, 0) is 26.0 Å². The van der Waals surface area contributed by atoms with Crippen molar-refractivity contribution in [2.24, 2.45) is 0 Å². The van der Waals surface area contributed by atoms with E-state index < -0.39 is 0 Å². The number of amides is 1. The summed E-state index contributed by atoms with van der Waals surface area (Å²) in [4.78, 5) is 18.1. The average molecular weight is 305 g/mol. The molecule has 0 aromatic carbocycles. The van der Waals surface area contributed by atoms with Crippen LogP contribution in [0.1, 0.15) is 24.2 Å². The Kier molecular flexibility index (Phi) is 4.09. The second-order valence-electron chi connectivity index (χ2n) is 4.81. The monoisotopic (exact) mass is 304 g/mol. The summed E-state index contributed by atoms with van der Waals surface area (Å²) in [5.41, 5.74) is 0.420. The highest BCUT2D eigenvalue weighted by Crippen LogP contribution is 2.30. The van der Waals surface area contributed by atoms with E-state index in [0.29, 0.717) is 10.7 Å². The van der Waals surface area contributed by atoms with Gasteiger partial charge in [-0.15, -0.1) is 0 Å². The van der Waals surface area contributed by atoms with E-state index in [0.717, 1.165) is 18.8 Å². The molecule has 0 spiro atoms. The van der Waals surface area contributed by atoms with Crippen LogP contribution in [0.5, 0.6) is 0 Å². The van der Waals surface area contributed by atoms with Crippen LogP contribution in [0.2, 0.25) is 10.3 Å². The number of carbonyl (C=O) groups excluding carboxylic acids is 1. The molecular formula is C12H14Cl2N2OS. The zero-order valence-corrected chi connectivity index (χ0v) is 12.6. The van der Waals surface area contributed by atoms with E-state index in [1.807, 2.05) is 16.7 Å². The van der Waals surface area contributed by atoms with Gasteiger partial charge in [0, 0.05) is 23.6 Å². The van der Waals surface area contributed by atoms with Gasteiger partial charge < -0.3 is 4.90 Å². The molecule has 1 aromatic rings. The smallest absolute Gasteiger partial charge is 0.257 e. The fourth-order valence-corrected chi connectivity index (χ4v) is 3.47. The lowest BCUT2D eigenvalue weighted by Crippen LogP contribution is -2.46. The first kappa shape index (κ1) is 14.0. The largest absolute Gasteiger partial charge is 0.336 e. The minimum Gasteiger partial charge on any atom is -0.336 e. The third-order valence-corrected chi connectivity index (χ3v) is 4.55. The van der Waals surface area contributed by atoms with Gasteiger partial charge in [0.15, 0.2) is 0 Å². The average Bonchev–Trinajstić information content (AvgIpc) is 2.27. The second-order valence-corrected chi connectivity index (χ2v) is 7.35. The van der Waals surface area contributed by atoms with Gasteiger partial charge in [-0.2, -0.15) is 11.8 Å². The summed E-state index contributed by atoms with van der Waals surface area (Å²) < 4.78 is 0.0836. The number of nitrogens with zero attached hydrogens (tertiary/aromatic N) is 2. The highest BCUT2D eigenvalue weighted by molar-refractivity contribution is 8.00. The zero-order chi connectivity index (χ0) is 13.3. The molecule has 2 rings (SSSR count). The van der Waals surface area contributed by atoms with Crippen molar-refractivity contribution < 1.29 is 4.79 Å². The molecule has 0 radical (unpaired) electrons. The minimum absolute atomic E-state index is 0.0717. The Labute approximate surface area is 121 Å². The van der Waals surface area contributed by atoms with E-state index in [1.165, 1.54) is 0 Å². The molecule has 0 bridgehead atoms. The number of carbonyl (C=O) groups is 1. The normalized spacial score (nSPS) is 18.8. The van der Waals surface area contributed by atoms with E-state index >= 15 is 0 Å². The van der Waals surface area contributed by atoms with Gasteiger partial charge in [0.1, 0.15) is 10.3 Å². The Morgan fingerprint density at radius 2 is 2.17 bits per heavy atom. The fourth-order valence-electron chi connectivity index (χ4n) is 1.93. The number of hydrogen-bond donors (Lipinski definition) is 0. The molecule has 1 saturated heterocycles. The Balaban J connectivity index is 2.20. The van der Waals surface area contributed by atoms with Gasteiger partial charge in [0.2, 0.25) is 0 Å². The van der Waals surface area contributed by atoms with E-state index in [1.54, 1.807) is 12.1 Å². The van der Waals surface area contributed by atoms with Crippen LogP contribution in [-0.4, -0.2) is 39.4 Å². The molecule has 0 N–H and O–H groups in total. The van der Waals surface area contributed by atoms with Crippen LogP contribution >= 0.6 is 35.0 Å². The molecule has 2 heterocycles. The molecule has 0 saturated carbocycles. The highest BCUT2D eigenvalue weighted by Gasteiger charge is 2.31. The topological polar surface area (TPSA) is 33.2 Å². The van der Waals surface area contributed by atoms with Crippen molar-refractivity contribution in [3.8, 4) is 0 Å². The molecule has 6 heteroatoms. The van der Waals surface area contributed by atoms with Gasteiger partial charge >= 0.3 is 0 Å². The minimum atomic E-state index is -0.0717. The number of thioether (sulfide) groups is 1. The lowest BCUT2D eigenvalue weighted by molar-refractivity contribution is 0.0748. The van der Waals surface area contributed by atoms with Crippen LogP contribution in [0.3, 0.4) is 0 Å². The van der Waals surface area contributed by atoms with Crippen molar-refractivity contribution in [3.05, 3.63) is 28.0 Å². The number of rotatable bonds is 1. The summed E-state index contributed by atoms with van der Waals surface area (Å²) in [7, 11) is 0. The van der Waals surface area contributed by atoms with E-state index in [9.17, 15) is 4.79 Å². The van der Waals surface area contributed by atoms with Crippen LogP contribution in [0.4, 0.5) is 0 Å². The number of pyridine rings is 1. The quantitative estimate of drug-likeness (QED) is 0.746. The molecule has 3 nitrogen and oxygen atoms in total. The molecule has 0 unspecified atom stereocenters. The number of halogens is 2. The van der Waals surface area contributed by atoms with Gasteiger partial charge in [-0.1, -0.05) is 23.2 Å². The summed E-state index contributed by atoms with van der Waals surface area (Å²) in [6.45, 7) is 5.74. The van der Waals surface area contributed by atoms with Gasteiger partial charge in [0.05, 0.1) is 5.56 Å². The predicted molar refractivity (Wildman–Crippen MR) is 76.7 cm³/mol. The maximum Gasteiger partial charge on any atom is 0.257 e. The summed E-state index contributed by atoms with van der Waals surface area (Å²) in [5, 5.41) is 0.467. The maximum absolute atomic E-state index is 12.4. The number of hydrogen-bond acceptors (Lipinski definition) is 3. The lowest BCUT2D eigenvalue weighted by Gasteiger charge is -2.37. The van der Waals surface area contributed by atoms with Crippen LogP contribution in [0.15, 0.2) is 12.1 Å². The molecule has 1 aliphatic rings. The third-order valence-electron chi connectivity index (χ3n) is 2.76. The van der Waals surface area contributed by atoms with Gasteiger partial charge in [-0.3, -0.25) is 4.79 Å². The van der Waals surface area contributed by atoms with Crippen molar-refractivity contribution in [3.63, 3.8) is 0 Å². The lowest BCUT2D eigenvalue weighted by atomic mass is 10.1. The zero-order valence-electron chi connectivity index (χ0n) is 10.2. The van der Waals surface area contributed by atoms with Crippen LogP contribution < -0.4 is 0 Å². The first-order valence-electron chi connectivity index (χ1n) is 5.64. The molecule has 98 valence electrons. The Morgan fingerprint density at radius 1 is 1.44 bits per heavy atom. The van der Waals surface area contributed by atoms with Crippen molar-refractivity contribution >= 4 is 40.9 Å². The van der Waals surface area contributed by atoms with Crippen LogP contribution in [0.25, 0.3) is 0 Å². The molecule has 1 amide bonds. The first-order chi connectivity index (χ1) is 8.39. The van der Waals surface area contributed by atoms with Crippen molar-refractivity contribution in [1.29, 1.82) is 0 Å². The molecule has 0 aliphatic carbocycles. The van der Waals surface area contributed by atoms with Crippen molar-refractivity contribution in [2.75, 3.05) is 18.8 Å². The summed E-state index contributed by atoms with van der Waals surface area (Å²) in [5.74, 6) is 0.870. The first-order valence-corrected chi connectivity index (χ1v) is 7.38. The number of aromatic nitrogens is 1. The molecule has 0 atom stereocenters. The predicted octanol–water partition coefficient (Wildman–Crippen LogP) is 3.36. The van der Waals surface area contributed by atoms with Crippen LogP contribution in [0, 0.1) is 0 Å². The van der Waals surface area contributed by atoms with Crippen molar-refractivity contribution in [1.82, 2.24) is 9.88 Å². The maximum atomic E-state index is 12.4. The molecule has 18 heavy (non-hydrogen) atoms. The Bertz CT molecular complexity index is 479. The Hall–Kier alpha value is -0.450. The Morgan fingerprint density at radius 3 is 2.78 bits per heavy atom. The SMILES string of the molecule is CC1(C)CN(C(=O)c2ccc(Cl)nc2Cl)CCS1. The summed E-state index contributed by atoms with van der Waals surface area (Å²) in [6, 6.07) is 3.22. The van der Waals surface area contributed by atoms with Crippen LogP contribution in [-0.2, 0) is 0 Å². The second kappa shape index (κ2) is 5.27. The summed E-state index contributed by atoms with van der Waals surface area (Å²) >= 11 is 13.6. The highest BCUT2D eigenvalue weighted by atomic mass is 35.5. The fraction of sp³-hybridized carbons (Fsp3) is 0.500. The molecular weight excluding hydrogens is 291 g/mol.